The zero-order chi connectivity index (χ0) is 17.5. The number of rotatable bonds is 7. The third kappa shape index (κ3) is 5.07. The van der Waals surface area contributed by atoms with Crippen LogP contribution in [0.1, 0.15) is 34.0 Å². The predicted octanol–water partition coefficient (Wildman–Crippen LogP) is 4.17. The number of carbonyl (C=O) groups is 1. The van der Waals surface area contributed by atoms with E-state index in [0.29, 0.717) is 6.61 Å². The van der Waals surface area contributed by atoms with Crippen molar-refractivity contribution in [1.82, 2.24) is 4.90 Å². The SMILES string of the molecule is CC(=O)c1ccc(/C(=C/OCCN(C)C)c2ccc(C)cc2)cc1. The van der Waals surface area contributed by atoms with Gasteiger partial charge in [-0.25, -0.2) is 0 Å². The number of hydrogen-bond donors (Lipinski definition) is 0. The molecule has 0 bridgehead atoms. The van der Waals surface area contributed by atoms with Crippen molar-refractivity contribution in [2.24, 2.45) is 0 Å². The number of ether oxygens (including phenoxy) is 1. The van der Waals surface area contributed by atoms with Crippen LogP contribution in [0.2, 0.25) is 0 Å². The molecule has 2 rings (SSSR count). The molecule has 0 heterocycles. The fourth-order valence-corrected chi connectivity index (χ4v) is 2.30. The maximum Gasteiger partial charge on any atom is 0.159 e. The molecule has 3 heteroatoms. The molecule has 0 radical (unpaired) electrons. The highest BCUT2D eigenvalue weighted by atomic mass is 16.5. The summed E-state index contributed by atoms with van der Waals surface area (Å²) in [7, 11) is 4.04. The van der Waals surface area contributed by atoms with Gasteiger partial charge in [0.25, 0.3) is 0 Å². The second kappa shape index (κ2) is 8.46. The van der Waals surface area contributed by atoms with Gasteiger partial charge in [-0.1, -0.05) is 54.1 Å². The largest absolute Gasteiger partial charge is 0.499 e. The van der Waals surface area contributed by atoms with Gasteiger partial charge in [0.15, 0.2) is 5.78 Å². The summed E-state index contributed by atoms with van der Waals surface area (Å²) >= 11 is 0. The lowest BCUT2D eigenvalue weighted by Crippen LogP contribution is -2.16. The van der Waals surface area contributed by atoms with Crippen molar-refractivity contribution in [1.29, 1.82) is 0 Å². The van der Waals surface area contributed by atoms with E-state index in [1.165, 1.54) is 5.56 Å². The van der Waals surface area contributed by atoms with E-state index in [-0.39, 0.29) is 5.78 Å². The summed E-state index contributed by atoms with van der Waals surface area (Å²) in [6.45, 7) is 5.15. The molecule has 0 aliphatic rings. The van der Waals surface area contributed by atoms with E-state index in [2.05, 4.69) is 36.1 Å². The quantitative estimate of drug-likeness (QED) is 0.435. The smallest absolute Gasteiger partial charge is 0.159 e. The maximum atomic E-state index is 11.5. The van der Waals surface area contributed by atoms with Gasteiger partial charge in [-0.05, 0) is 39.1 Å². The Morgan fingerprint density at radius 1 is 0.958 bits per heavy atom. The minimum absolute atomic E-state index is 0.0737. The molecule has 0 aromatic heterocycles. The molecule has 24 heavy (non-hydrogen) atoms. The molecule has 0 saturated heterocycles. The zero-order valence-corrected chi connectivity index (χ0v) is 14.9. The second-order valence-electron chi connectivity index (χ2n) is 6.21. The van der Waals surface area contributed by atoms with Gasteiger partial charge in [-0.3, -0.25) is 4.79 Å². The van der Waals surface area contributed by atoms with Crippen molar-refractivity contribution < 1.29 is 9.53 Å². The molecule has 126 valence electrons. The fourth-order valence-electron chi connectivity index (χ4n) is 2.30. The van der Waals surface area contributed by atoms with Crippen molar-refractivity contribution in [2.75, 3.05) is 27.2 Å². The van der Waals surface area contributed by atoms with E-state index in [0.717, 1.165) is 28.8 Å². The third-order valence-electron chi connectivity index (χ3n) is 3.82. The molecule has 2 aromatic carbocycles. The molecule has 2 aromatic rings. The van der Waals surface area contributed by atoms with Crippen molar-refractivity contribution in [3.05, 3.63) is 77.0 Å². The highest BCUT2D eigenvalue weighted by molar-refractivity contribution is 5.94. The number of nitrogens with zero attached hydrogens (tertiary/aromatic N) is 1. The fraction of sp³-hybridized carbons (Fsp3) is 0.286. The van der Waals surface area contributed by atoms with Crippen LogP contribution in [0.3, 0.4) is 0 Å². The second-order valence-corrected chi connectivity index (χ2v) is 6.21. The normalized spacial score (nSPS) is 11.6. The van der Waals surface area contributed by atoms with Crippen LogP contribution in [0.25, 0.3) is 5.57 Å². The number of hydrogen-bond acceptors (Lipinski definition) is 3. The van der Waals surface area contributed by atoms with E-state index in [1.807, 2.05) is 44.6 Å². The number of Topliss-reactive ketones (excluding diaryl/α,β-unsaturated/α-hetero) is 1. The number of carbonyl (C=O) groups excluding carboxylic acids is 1. The average Bonchev–Trinajstić information content (AvgIpc) is 2.56. The molecular weight excluding hydrogens is 298 g/mol. The summed E-state index contributed by atoms with van der Waals surface area (Å²) in [5, 5.41) is 0. The maximum absolute atomic E-state index is 11.5. The Morgan fingerprint density at radius 2 is 1.46 bits per heavy atom. The first-order valence-electron chi connectivity index (χ1n) is 8.12. The minimum Gasteiger partial charge on any atom is -0.499 e. The molecule has 0 unspecified atom stereocenters. The zero-order valence-electron chi connectivity index (χ0n) is 14.9. The Morgan fingerprint density at radius 3 is 1.96 bits per heavy atom. The van der Waals surface area contributed by atoms with Gasteiger partial charge in [-0.15, -0.1) is 0 Å². The topological polar surface area (TPSA) is 29.5 Å². The van der Waals surface area contributed by atoms with Gasteiger partial charge in [0.1, 0.15) is 0 Å². The summed E-state index contributed by atoms with van der Waals surface area (Å²) in [4.78, 5) is 13.5. The van der Waals surface area contributed by atoms with Crippen molar-refractivity contribution in [3.8, 4) is 0 Å². The number of benzene rings is 2. The molecule has 0 aliphatic heterocycles. The highest BCUT2D eigenvalue weighted by Gasteiger charge is 2.07. The lowest BCUT2D eigenvalue weighted by atomic mass is 9.97. The van der Waals surface area contributed by atoms with E-state index in [4.69, 9.17) is 4.74 Å². The molecule has 3 nitrogen and oxygen atoms in total. The van der Waals surface area contributed by atoms with Crippen LogP contribution in [0.4, 0.5) is 0 Å². The summed E-state index contributed by atoms with van der Waals surface area (Å²) in [6.07, 6.45) is 1.82. The van der Waals surface area contributed by atoms with Crippen molar-refractivity contribution >= 4 is 11.4 Å². The molecule has 0 spiro atoms. The predicted molar refractivity (Wildman–Crippen MR) is 99.2 cm³/mol. The van der Waals surface area contributed by atoms with Crippen LogP contribution in [-0.4, -0.2) is 37.9 Å². The molecule has 0 N–H and O–H groups in total. The first-order chi connectivity index (χ1) is 11.5. The molecule has 0 atom stereocenters. The monoisotopic (exact) mass is 323 g/mol. The van der Waals surface area contributed by atoms with Crippen LogP contribution in [0.5, 0.6) is 0 Å². The average molecular weight is 323 g/mol. The molecule has 0 amide bonds. The van der Waals surface area contributed by atoms with E-state index >= 15 is 0 Å². The Balaban J connectivity index is 2.29. The lowest BCUT2D eigenvalue weighted by Gasteiger charge is -2.12. The van der Waals surface area contributed by atoms with Gasteiger partial charge in [0.05, 0.1) is 12.9 Å². The van der Waals surface area contributed by atoms with Gasteiger partial charge < -0.3 is 9.64 Å². The molecule has 0 saturated carbocycles. The third-order valence-corrected chi connectivity index (χ3v) is 3.82. The van der Waals surface area contributed by atoms with E-state index in [9.17, 15) is 4.79 Å². The highest BCUT2D eigenvalue weighted by Crippen LogP contribution is 2.24. The van der Waals surface area contributed by atoms with Crippen LogP contribution < -0.4 is 0 Å². The van der Waals surface area contributed by atoms with Crippen LogP contribution in [0, 0.1) is 6.92 Å². The van der Waals surface area contributed by atoms with E-state index < -0.39 is 0 Å². The number of aryl methyl sites for hydroxylation is 1. The molecule has 0 fully saturated rings. The van der Waals surface area contributed by atoms with Gasteiger partial charge in [0, 0.05) is 17.7 Å². The summed E-state index contributed by atoms with van der Waals surface area (Å²) in [5.41, 5.74) is 5.09. The lowest BCUT2D eigenvalue weighted by molar-refractivity contribution is 0.101. The number of likely N-dealkylation sites (N-methyl/N-ethyl adjacent to an activating group) is 1. The van der Waals surface area contributed by atoms with Crippen molar-refractivity contribution in [3.63, 3.8) is 0 Å². The first-order valence-corrected chi connectivity index (χ1v) is 8.12. The summed E-state index contributed by atoms with van der Waals surface area (Å²) in [5.74, 6) is 0.0737. The van der Waals surface area contributed by atoms with Crippen molar-refractivity contribution in [2.45, 2.75) is 13.8 Å². The first kappa shape index (κ1) is 18.0. The standard InChI is InChI=1S/C21H25NO2/c1-16-5-7-19(8-6-16)21(15-24-14-13-22(3)4)20-11-9-18(10-12-20)17(2)23/h5-12,15H,13-14H2,1-4H3/b21-15+. The Labute approximate surface area is 144 Å². The minimum atomic E-state index is 0.0737. The van der Waals surface area contributed by atoms with Gasteiger partial charge >= 0.3 is 0 Å². The van der Waals surface area contributed by atoms with Gasteiger partial charge in [-0.2, -0.15) is 0 Å². The van der Waals surface area contributed by atoms with Gasteiger partial charge in [0.2, 0.25) is 0 Å². The van der Waals surface area contributed by atoms with Crippen LogP contribution in [-0.2, 0) is 4.74 Å². The van der Waals surface area contributed by atoms with Crippen LogP contribution in [0.15, 0.2) is 54.8 Å². The number of ketones is 1. The Bertz CT molecular complexity index is 698. The molecule has 0 aliphatic carbocycles. The van der Waals surface area contributed by atoms with Crippen LogP contribution >= 0.6 is 0 Å². The molecular formula is C21H25NO2. The Kier molecular flexibility index (Phi) is 6.33. The summed E-state index contributed by atoms with van der Waals surface area (Å²) in [6, 6.07) is 16.0. The van der Waals surface area contributed by atoms with E-state index in [1.54, 1.807) is 6.92 Å². The summed E-state index contributed by atoms with van der Waals surface area (Å²) < 4.78 is 5.75. The Hall–Kier alpha value is -2.39.